The molecule has 9 heavy (non-hydrogen) atoms. The molecule has 0 spiro atoms. The van der Waals surface area contributed by atoms with Gasteiger partial charge in [-0.1, -0.05) is 22.9 Å². The molecule has 0 bridgehead atoms. The fraction of sp³-hybridized carbons (Fsp3) is 1.00. The summed E-state index contributed by atoms with van der Waals surface area (Å²) in [4.78, 5) is 0.688. The zero-order valence-corrected chi connectivity index (χ0v) is 7.78. The van der Waals surface area contributed by atoms with Crippen molar-refractivity contribution in [3.8, 4) is 0 Å². The molecule has 0 aliphatic heterocycles. The van der Waals surface area contributed by atoms with Crippen LogP contribution in [0.3, 0.4) is 0 Å². The van der Waals surface area contributed by atoms with Crippen LogP contribution in [0.5, 0.6) is 0 Å². The Morgan fingerprint density at radius 1 is 1.56 bits per heavy atom. The number of hydrogen-bond acceptors (Lipinski definition) is 1. The molecular weight excluding hydrogens is 180 g/mol. The second-order valence-corrected chi connectivity index (χ2v) is 3.44. The van der Waals surface area contributed by atoms with Crippen molar-refractivity contribution in [3.63, 3.8) is 0 Å². The molecule has 0 radical (unpaired) electrons. The fourth-order valence-corrected chi connectivity index (χ4v) is 0.977. The highest BCUT2D eigenvalue weighted by Gasteiger charge is 1.98. The van der Waals surface area contributed by atoms with Crippen LogP contribution in [-0.2, 0) is 4.74 Å². The van der Waals surface area contributed by atoms with Crippen molar-refractivity contribution < 1.29 is 4.74 Å². The van der Waals surface area contributed by atoms with Crippen LogP contribution >= 0.6 is 15.9 Å². The minimum atomic E-state index is 0.688. The molecule has 0 aromatic rings. The summed E-state index contributed by atoms with van der Waals surface area (Å²) in [5.74, 6) is 0. The van der Waals surface area contributed by atoms with Crippen LogP contribution in [0.25, 0.3) is 0 Å². The molecule has 0 aromatic carbocycles. The average Bonchev–Trinajstić information content (AvgIpc) is 1.89. The maximum absolute atomic E-state index is 4.92. The highest BCUT2D eigenvalue weighted by atomic mass is 79.9. The third-order valence-corrected chi connectivity index (χ3v) is 2.41. The quantitative estimate of drug-likeness (QED) is 0.484. The van der Waals surface area contributed by atoms with Crippen LogP contribution < -0.4 is 0 Å². The highest BCUT2D eigenvalue weighted by Crippen LogP contribution is 2.10. The number of methoxy groups -OCH3 is 1. The Labute approximate surface area is 65.9 Å². The third-order valence-electron chi connectivity index (χ3n) is 1.31. The number of halogens is 1. The van der Waals surface area contributed by atoms with Crippen LogP contribution in [0.1, 0.15) is 26.2 Å². The van der Waals surface area contributed by atoms with Gasteiger partial charge in [0.1, 0.15) is 0 Å². The van der Waals surface area contributed by atoms with E-state index in [0.717, 1.165) is 6.61 Å². The first-order valence-corrected chi connectivity index (χ1v) is 4.35. The maximum atomic E-state index is 4.92. The molecule has 0 heterocycles. The molecule has 0 aliphatic carbocycles. The van der Waals surface area contributed by atoms with E-state index in [2.05, 4.69) is 22.9 Å². The van der Waals surface area contributed by atoms with Gasteiger partial charge in [-0.15, -0.1) is 0 Å². The standard InChI is InChI=1S/C7H15BrO/c1-3-7(8)5-4-6-9-2/h7H,3-6H2,1-2H3. The fourth-order valence-electron chi connectivity index (χ4n) is 0.653. The molecule has 0 saturated carbocycles. The Morgan fingerprint density at radius 2 is 2.22 bits per heavy atom. The van der Waals surface area contributed by atoms with E-state index in [9.17, 15) is 0 Å². The third kappa shape index (κ3) is 6.32. The topological polar surface area (TPSA) is 9.23 Å². The van der Waals surface area contributed by atoms with Gasteiger partial charge >= 0.3 is 0 Å². The highest BCUT2D eigenvalue weighted by molar-refractivity contribution is 9.09. The van der Waals surface area contributed by atoms with Crippen molar-refractivity contribution in [1.29, 1.82) is 0 Å². The number of alkyl halides is 1. The van der Waals surface area contributed by atoms with Crippen LogP contribution in [0.2, 0.25) is 0 Å². The summed E-state index contributed by atoms with van der Waals surface area (Å²) in [5.41, 5.74) is 0. The molecule has 1 unspecified atom stereocenters. The van der Waals surface area contributed by atoms with E-state index >= 15 is 0 Å². The molecule has 1 nitrogen and oxygen atoms in total. The van der Waals surface area contributed by atoms with Gasteiger partial charge in [-0.3, -0.25) is 0 Å². The van der Waals surface area contributed by atoms with E-state index in [4.69, 9.17) is 4.74 Å². The Balaban J connectivity index is 2.88. The van der Waals surface area contributed by atoms with Gasteiger partial charge < -0.3 is 4.74 Å². The maximum Gasteiger partial charge on any atom is 0.0462 e. The summed E-state index contributed by atoms with van der Waals surface area (Å²) in [6.45, 7) is 3.08. The molecule has 0 rings (SSSR count). The smallest absolute Gasteiger partial charge is 0.0462 e. The molecule has 0 saturated heterocycles. The first-order chi connectivity index (χ1) is 4.31. The van der Waals surface area contributed by atoms with Gasteiger partial charge in [-0.25, -0.2) is 0 Å². The zero-order chi connectivity index (χ0) is 7.11. The summed E-state index contributed by atoms with van der Waals surface area (Å²) in [6.07, 6.45) is 3.61. The lowest BCUT2D eigenvalue weighted by Gasteiger charge is -2.03. The van der Waals surface area contributed by atoms with Gasteiger partial charge in [-0.2, -0.15) is 0 Å². The first kappa shape index (κ1) is 9.44. The molecule has 56 valence electrons. The Hall–Kier alpha value is 0.440. The van der Waals surface area contributed by atoms with Gasteiger partial charge in [-0.05, 0) is 19.3 Å². The van der Waals surface area contributed by atoms with Crippen molar-refractivity contribution in [2.45, 2.75) is 31.0 Å². The summed E-state index contributed by atoms with van der Waals surface area (Å²) >= 11 is 3.55. The summed E-state index contributed by atoms with van der Waals surface area (Å²) < 4.78 is 4.92. The number of ether oxygens (including phenoxy) is 1. The van der Waals surface area contributed by atoms with Crippen molar-refractivity contribution in [1.82, 2.24) is 0 Å². The lowest BCUT2D eigenvalue weighted by molar-refractivity contribution is 0.192. The second kappa shape index (κ2) is 6.56. The van der Waals surface area contributed by atoms with Gasteiger partial charge in [0.2, 0.25) is 0 Å². The molecule has 0 amide bonds. The zero-order valence-electron chi connectivity index (χ0n) is 6.19. The van der Waals surface area contributed by atoms with E-state index in [1.54, 1.807) is 7.11 Å². The predicted octanol–water partition coefficient (Wildman–Crippen LogP) is 2.59. The lowest BCUT2D eigenvalue weighted by Crippen LogP contribution is -1.97. The predicted molar refractivity (Wildman–Crippen MR) is 44.1 cm³/mol. The molecule has 0 aromatic heterocycles. The minimum Gasteiger partial charge on any atom is -0.385 e. The van der Waals surface area contributed by atoms with Gasteiger partial charge in [0.05, 0.1) is 0 Å². The summed E-state index contributed by atoms with van der Waals surface area (Å²) in [6, 6.07) is 0. The monoisotopic (exact) mass is 194 g/mol. The Morgan fingerprint density at radius 3 is 2.67 bits per heavy atom. The minimum absolute atomic E-state index is 0.688. The number of hydrogen-bond donors (Lipinski definition) is 0. The number of rotatable bonds is 5. The van der Waals surface area contributed by atoms with E-state index in [1.807, 2.05) is 0 Å². The van der Waals surface area contributed by atoms with Crippen molar-refractivity contribution in [2.24, 2.45) is 0 Å². The van der Waals surface area contributed by atoms with E-state index in [1.165, 1.54) is 19.3 Å². The molecule has 2 heteroatoms. The largest absolute Gasteiger partial charge is 0.385 e. The average molecular weight is 195 g/mol. The van der Waals surface area contributed by atoms with Crippen molar-refractivity contribution >= 4 is 15.9 Å². The van der Waals surface area contributed by atoms with E-state index < -0.39 is 0 Å². The normalized spacial score (nSPS) is 13.7. The van der Waals surface area contributed by atoms with Gasteiger partial charge in [0, 0.05) is 18.5 Å². The summed E-state index contributed by atoms with van der Waals surface area (Å²) in [7, 11) is 1.75. The molecule has 1 atom stereocenters. The molecule has 0 aliphatic rings. The van der Waals surface area contributed by atoms with E-state index in [-0.39, 0.29) is 0 Å². The molecule has 0 fully saturated rings. The van der Waals surface area contributed by atoms with Gasteiger partial charge in [0.25, 0.3) is 0 Å². The lowest BCUT2D eigenvalue weighted by atomic mass is 10.2. The van der Waals surface area contributed by atoms with Crippen molar-refractivity contribution in [2.75, 3.05) is 13.7 Å². The van der Waals surface area contributed by atoms with Crippen LogP contribution in [-0.4, -0.2) is 18.5 Å². The van der Waals surface area contributed by atoms with Crippen LogP contribution in [0.4, 0.5) is 0 Å². The van der Waals surface area contributed by atoms with Gasteiger partial charge in [0.15, 0.2) is 0 Å². The van der Waals surface area contributed by atoms with E-state index in [0.29, 0.717) is 4.83 Å². The summed E-state index contributed by atoms with van der Waals surface area (Å²) in [5, 5.41) is 0. The molecular formula is C7H15BrO. The van der Waals surface area contributed by atoms with Crippen LogP contribution in [0, 0.1) is 0 Å². The Bertz CT molecular complexity index is 56.9. The second-order valence-electron chi connectivity index (χ2n) is 2.14. The Kier molecular flexibility index (Phi) is 6.88. The van der Waals surface area contributed by atoms with Crippen molar-refractivity contribution in [3.05, 3.63) is 0 Å². The first-order valence-electron chi connectivity index (χ1n) is 3.44. The van der Waals surface area contributed by atoms with Crippen LogP contribution in [0.15, 0.2) is 0 Å². The molecule has 0 N–H and O–H groups in total. The SMILES string of the molecule is CCC(Br)CCCOC.